The van der Waals surface area contributed by atoms with Gasteiger partial charge >= 0.3 is 0 Å². The van der Waals surface area contributed by atoms with Gasteiger partial charge in [-0.3, -0.25) is 5.10 Å². The summed E-state index contributed by atoms with van der Waals surface area (Å²) in [7, 11) is 0. The number of aromatic nitrogens is 2. The minimum absolute atomic E-state index is 0.284. The Hall–Kier alpha value is -1.77. The Kier molecular flexibility index (Phi) is 2.23. The minimum atomic E-state index is 0.284. The molecule has 1 aromatic heterocycles. The number of nitrogens with zero attached hydrogens (tertiary/aromatic N) is 1. The molecular formula is C11H12N2O. The molecule has 0 atom stereocenters. The fourth-order valence-electron chi connectivity index (χ4n) is 1.42. The second kappa shape index (κ2) is 3.54. The van der Waals surface area contributed by atoms with E-state index >= 15 is 0 Å². The molecule has 2 rings (SSSR count). The quantitative estimate of drug-likeness (QED) is 0.760. The highest BCUT2D eigenvalue weighted by atomic mass is 16.3. The Morgan fingerprint density at radius 1 is 1.36 bits per heavy atom. The van der Waals surface area contributed by atoms with E-state index in [0.717, 1.165) is 17.7 Å². The monoisotopic (exact) mass is 188 g/mol. The fraction of sp³-hybridized carbons (Fsp3) is 0.182. The maximum absolute atomic E-state index is 9.65. The third kappa shape index (κ3) is 1.48. The van der Waals surface area contributed by atoms with Crippen LogP contribution in [0.25, 0.3) is 11.3 Å². The van der Waals surface area contributed by atoms with Gasteiger partial charge in [0.2, 0.25) is 0 Å². The zero-order valence-corrected chi connectivity index (χ0v) is 7.99. The molecule has 0 bridgehead atoms. The normalized spacial score (nSPS) is 10.4. The molecule has 0 saturated carbocycles. The van der Waals surface area contributed by atoms with Crippen LogP contribution in [0, 0.1) is 0 Å². The molecule has 0 aliphatic rings. The standard InChI is InChI=1S/C11H12N2O/c1-2-8-3-4-11(14)9(7-8)10-5-6-12-13-10/h3-7,14H,2H2,1H3,(H,12,13). The first kappa shape index (κ1) is 8.81. The van der Waals surface area contributed by atoms with Crippen molar-refractivity contribution in [3.8, 4) is 17.0 Å². The predicted octanol–water partition coefficient (Wildman–Crippen LogP) is 2.34. The number of phenols is 1. The van der Waals surface area contributed by atoms with Crippen LogP contribution in [-0.4, -0.2) is 15.3 Å². The Bertz CT molecular complexity index is 421. The van der Waals surface area contributed by atoms with Crippen LogP contribution in [0.4, 0.5) is 0 Å². The van der Waals surface area contributed by atoms with E-state index in [1.807, 2.05) is 18.2 Å². The van der Waals surface area contributed by atoms with Crippen LogP contribution >= 0.6 is 0 Å². The number of hydrogen-bond donors (Lipinski definition) is 2. The van der Waals surface area contributed by atoms with Crippen LogP contribution in [-0.2, 0) is 6.42 Å². The first-order chi connectivity index (χ1) is 6.81. The van der Waals surface area contributed by atoms with Gasteiger partial charge in [0, 0.05) is 11.8 Å². The zero-order valence-electron chi connectivity index (χ0n) is 7.99. The maximum atomic E-state index is 9.65. The van der Waals surface area contributed by atoms with Crippen molar-refractivity contribution in [2.24, 2.45) is 0 Å². The number of nitrogens with one attached hydrogen (secondary N) is 1. The highest BCUT2D eigenvalue weighted by Crippen LogP contribution is 2.28. The molecule has 0 unspecified atom stereocenters. The van der Waals surface area contributed by atoms with Gasteiger partial charge in [0.1, 0.15) is 5.75 Å². The average Bonchev–Trinajstić information content (AvgIpc) is 2.71. The Morgan fingerprint density at radius 3 is 2.86 bits per heavy atom. The van der Waals surface area contributed by atoms with Crippen molar-refractivity contribution < 1.29 is 5.11 Å². The molecule has 1 aromatic carbocycles. The van der Waals surface area contributed by atoms with E-state index in [0.29, 0.717) is 0 Å². The van der Waals surface area contributed by atoms with Crippen LogP contribution in [0.15, 0.2) is 30.5 Å². The molecule has 14 heavy (non-hydrogen) atoms. The molecule has 1 heterocycles. The van der Waals surface area contributed by atoms with Gasteiger partial charge < -0.3 is 5.11 Å². The van der Waals surface area contributed by atoms with Gasteiger partial charge in [-0.05, 0) is 30.2 Å². The first-order valence-electron chi connectivity index (χ1n) is 4.63. The lowest BCUT2D eigenvalue weighted by atomic mass is 10.1. The van der Waals surface area contributed by atoms with Crippen LogP contribution in [0.2, 0.25) is 0 Å². The molecule has 2 N–H and O–H groups in total. The Labute approximate surface area is 82.4 Å². The van der Waals surface area contributed by atoms with Gasteiger partial charge in [-0.25, -0.2) is 0 Å². The number of aromatic hydroxyl groups is 1. The van der Waals surface area contributed by atoms with Crippen molar-refractivity contribution in [1.29, 1.82) is 0 Å². The second-order valence-electron chi connectivity index (χ2n) is 3.18. The third-order valence-corrected chi connectivity index (χ3v) is 2.26. The molecule has 0 saturated heterocycles. The van der Waals surface area contributed by atoms with Crippen molar-refractivity contribution in [3.63, 3.8) is 0 Å². The van der Waals surface area contributed by atoms with E-state index < -0.39 is 0 Å². The SMILES string of the molecule is CCc1ccc(O)c(-c2ccn[nH]2)c1. The van der Waals surface area contributed by atoms with E-state index in [1.54, 1.807) is 12.3 Å². The smallest absolute Gasteiger partial charge is 0.124 e. The van der Waals surface area contributed by atoms with Gasteiger partial charge in [-0.1, -0.05) is 13.0 Å². The number of aromatic amines is 1. The van der Waals surface area contributed by atoms with Crippen LogP contribution in [0.3, 0.4) is 0 Å². The molecule has 0 aliphatic carbocycles. The summed E-state index contributed by atoms with van der Waals surface area (Å²) in [5.74, 6) is 0.284. The molecule has 3 heteroatoms. The topological polar surface area (TPSA) is 48.9 Å². The van der Waals surface area contributed by atoms with Gasteiger partial charge in [0.05, 0.1) is 5.69 Å². The van der Waals surface area contributed by atoms with E-state index in [9.17, 15) is 5.11 Å². The van der Waals surface area contributed by atoms with Crippen molar-refractivity contribution >= 4 is 0 Å². The summed E-state index contributed by atoms with van der Waals surface area (Å²) in [6.45, 7) is 2.09. The van der Waals surface area contributed by atoms with Gasteiger partial charge in [-0.15, -0.1) is 0 Å². The maximum Gasteiger partial charge on any atom is 0.124 e. The van der Waals surface area contributed by atoms with Crippen molar-refractivity contribution in [2.45, 2.75) is 13.3 Å². The number of H-pyrrole nitrogens is 1. The first-order valence-corrected chi connectivity index (χ1v) is 4.63. The lowest BCUT2D eigenvalue weighted by Gasteiger charge is -2.04. The molecular weight excluding hydrogens is 176 g/mol. The van der Waals surface area contributed by atoms with E-state index in [4.69, 9.17) is 0 Å². The Balaban J connectivity index is 2.51. The number of hydrogen-bond acceptors (Lipinski definition) is 2. The largest absolute Gasteiger partial charge is 0.507 e. The second-order valence-corrected chi connectivity index (χ2v) is 3.18. The lowest BCUT2D eigenvalue weighted by molar-refractivity contribution is 0.477. The predicted molar refractivity (Wildman–Crippen MR) is 55.1 cm³/mol. The van der Waals surface area contributed by atoms with E-state index in [-0.39, 0.29) is 5.75 Å². The number of phenolic OH excluding ortho intramolecular Hbond substituents is 1. The number of aryl methyl sites for hydroxylation is 1. The van der Waals surface area contributed by atoms with Crippen LogP contribution in [0.1, 0.15) is 12.5 Å². The molecule has 0 amide bonds. The molecule has 0 radical (unpaired) electrons. The summed E-state index contributed by atoms with van der Waals surface area (Å²) in [6.07, 6.45) is 2.63. The summed E-state index contributed by atoms with van der Waals surface area (Å²) < 4.78 is 0. The van der Waals surface area contributed by atoms with Gasteiger partial charge in [-0.2, -0.15) is 5.10 Å². The number of rotatable bonds is 2. The molecule has 3 nitrogen and oxygen atoms in total. The minimum Gasteiger partial charge on any atom is -0.507 e. The summed E-state index contributed by atoms with van der Waals surface area (Å²) in [4.78, 5) is 0. The van der Waals surface area contributed by atoms with Crippen LogP contribution in [0.5, 0.6) is 5.75 Å². The molecule has 0 spiro atoms. The van der Waals surface area contributed by atoms with E-state index in [2.05, 4.69) is 17.1 Å². The summed E-state index contributed by atoms with van der Waals surface area (Å²) in [5.41, 5.74) is 2.85. The van der Waals surface area contributed by atoms with E-state index in [1.165, 1.54) is 5.56 Å². The fourth-order valence-corrected chi connectivity index (χ4v) is 1.42. The van der Waals surface area contributed by atoms with Crippen molar-refractivity contribution in [3.05, 3.63) is 36.0 Å². The third-order valence-electron chi connectivity index (χ3n) is 2.26. The summed E-state index contributed by atoms with van der Waals surface area (Å²) >= 11 is 0. The lowest BCUT2D eigenvalue weighted by Crippen LogP contribution is -1.84. The number of benzene rings is 1. The summed E-state index contributed by atoms with van der Waals surface area (Å²) in [6, 6.07) is 7.46. The molecule has 2 aromatic rings. The van der Waals surface area contributed by atoms with Crippen LogP contribution < -0.4 is 0 Å². The van der Waals surface area contributed by atoms with Gasteiger partial charge in [0.25, 0.3) is 0 Å². The summed E-state index contributed by atoms with van der Waals surface area (Å²) in [5, 5.41) is 16.3. The average molecular weight is 188 g/mol. The molecule has 72 valence electrons. The zero-order chi connectivity index (χ0) is 9.97. The Morgan fingerprint density at radius 2 is 2.21 bits per heavy atom. The highest BCUT2D eigenvalue weighted by Gasteiger charge is 2.05. The molecule has 0 aliphatic heterocycles. The van der Waals surface area contributed by atoms with Crippen molar-refractivity contribution in [2.75, 3.05) is 0 Å². The highest BCUT2D eigenvalue weighted by molar-refractivity contribution is 5.67. The van der Waals surface area contributed by atoms with Gasteiger partial charge in [0.15, 0.2) is 0 Å². The van der Waals surface area contributed by atoms with Crippen molar-refractivity contribution in [1.82, 2.24) is 10.2 Å². The molecule has 0 fully saturated rings.